The number of nitrogens with one attached hydrogen (secondary N) is 2. The minimum Gasteiger partial charge on any atom is -0.464 e. The molecule has 0 fully saturated rings. The zero-order valence-corrected chi connectivity index (χ0v) is 12.9. The molecule has 1 amide bonds. The topological polar surface area (TPSA) is 67.2 Å². The van der Waals surface area contributed by atoms with Gasteiger partial charge in [0, 0.05) is 17.8 Å². The normalized spacial score (nSPS) is 12.0. The van der Waals surface area contributed by atoms with Gasteiger partial charge in [-0.1, -0.05) is 0 Å². The molecule has 2 heterocycles. The van der Waals surface area contributed by atoms with Crippen LogP contribution in [0.1, 0.15) is 47.5 Å². The molecule has 2 rings (SSSR count). The van der Waals surface area contributed by atoms with Crippen molar-refractivity contribution in [1.29, 1.82) is 0 Å². The predicted octanol–water partition coefficient (Wildman–Crippen LogP) is 3.21. The highest BCUT2D eigenvalue weighted by atomic mass is 16.3. The SMILES string of the molecule is CCNc1cc(C(=O)NC(C)c2ccc(C)o2)cc(C)n1. The maximum Gasteiger partial charge on any atom is 0.252 e. The Morgan fingerprint density at radius 3 is 2.71 bits per heavy atom. The van der Waals surface area contributed by atoms with Gasteiger partial charge in [-0.3, -0.25) is 4.79 Å². The molecular formula is C16H21N3O2. The average Bonchev–Trinajstić information content (AvgIpc) is 2.85. The Labute approximate surface area is 124 Å². The summed E-state index contributed by atoms with van der Waals surface area (Å²) in [5.41, 5.74) is 1.40. The maximum absolute atomic E-state index is 12.3. The van der Waals surface area contributed by atoms with Gasteiger partial charge in [-0.25, -0.2) is 4.98 Å². The van der Waals surface area contributed by atoms with Crippen LogP contribution in [0.25, 0.3) is 0 Å². The number of hydrogen-bond acceptors (Lipinski definition) is 4. The minimum absolute atomic E-state index is 0.138. The fraction of sp³-hybridized carbons (Fsp3) is 0.375. The molecule has 1 atom stereocenters. The number of carbonyl (C=O) groups excluding carboxylic acids is 1. The number of pyridine rings is 1. The highest BCUT2D eigenvalue weighted by Crippen LogP contribution is 2.17. The number of aromatic nitrogens is 1. The molecule has 0 aliphatic carbocycles. The van der Waals surface area contributed by atoms with Gasteiger partial charge < -0.3 is 15.1 Å². The number of hydrogen-bond donors (Lipinski definition) is 2. The fourth-order valence-electron chi connectivity index (χ4n) is 2.11. The van der Waals surface area contributed by atoms with E-state index < -0.39 is 0 Å². The molecule has 0 radical (unpaired) electrons. The van der Waals surface area contributed by atoms with Crippen molar-refractivity contribution in [1.82, 2.24) is 10.3 Å². The second-order valence-electron chi connectivity index (χ2n) is 5.06. The summed E-state index contributed by atoms with van der Waals surface area (Å²) < 4.78 is 5.53. The van der Waals surface area contributed by atoms with Gasteiger partial charge in [-0.05, 0) is 52.0 Å². The van der Waals surface area contributed by atoms with Crippen molar-refractivity contribution in [2.45, 2.75) is 33.7 Å². The Bertz CT molecular complexity index is 634. The molecule has 5 heteroatoms. The first-order valence-corrected chi connectivity index (χ1v) is 7.09. The van der Waals surface area contributed by atoms with Crippen LogP contribution in [0.3, 0.4) is 0 Å². The van der Waals surface area contributed by atoms with Crippen molar-refractivity contribution in [3.05, 3.63) is 47.0 Å². The molecule has 5 nitrogen and oxygen atoms in total. The summed E-state index contributed by atoms with van der Waals surface area (Å²) in [6, 6.07) is 7.12. The highest BCUT2D eigenvalue weighted by Gasteiger charge is 2.15. The van der Waals surface area contributed by atoms with Gasteiger partial charge >= 0.3 is 0 Å². The van der Waals surface area contributed by atoms with E-state index in [-0.39, 0.29) is 11.9 Å². The lowest BCUT2D eigenvalue weighted by Gasteiger charge is -2.13. The lowest BCUT2D eigenvalue weighted by atomic mass is 10.2. The van der Waals surface area contributed by atoms with Crippen LogP contribution >= 0.6 is 0 Å². The van der Waals surface area contributed by atoms with Crippen molar-refractivity contribution >= 4 is 11.7 Å². The molecular weight excluding hydrogens is 266 g/mol. The van der Waals surface area contributed by atoms with E-state index in [1.807, 2.05) is 39.8 Å². The number of furan rings is 1. The third-order valence-corrected chi connectivity index (χ3v) is 3.11. The van der Waals surface area contributed by atoms with Crippen LogP contribution in [0, 0.1) is 13.8 Å². The first-order valence-electron chi connectivity index (χ1n) is 7.09. The van der Waals surface area contributed by atoms with E-state index in [0.717, 1.165) is 23.8 Å². The van der Waals surface area contributed by atoms with Crippen LogP contribution in [0.4, 0.5) is 5.82 Å². The third kappa shape index (κ3) is 3.84. The summed E-state index contributed by atoms with van der Waals surface area (Å²) in [5.74, 6) is 2.16. The van der Waals surface area contributed by atoms with Crippen molar-refractivity contribution in [3.63, 3.8) is 0 Å². The molecule has 2 aromatic rings. The Morgan fingerprint density at radius 1 is 1.33 bits per heavy atom. The van der Waals surface area contributed by atoms with E-state index in [0.29, 0.717) is 11.4 Å². The van der Waals surface area contributed by atoms with E-state index in [1.54, 1.807) is 12.1 Å². The van der Waals surface area contributed by atoms with Gasteiger partial charge in [0.05, 0.1) is 6.04 Å². The van der Waals surface area contributed by atoms with Gasteiger partial charge in [-0.2, -0.15) is 0 Å². The predicted molar refractivity (Wildman–Crippen MR) is 82.5 cm³/mol. The molecule has 1 unspecified atom stereocenters. The summed E-state index contributed by atoms with van der Waals surface area (Å²) in [7, 11) is 0. The van der Waals surface area contributed by atoms with Crippen molar-refractivity contribution in [2.24, 2.45) is 0 Å². The van der Waals surface area contributed by atoms with Crippen molar-refractivity contribution in [3.8, 4) is 0 Å². The Balaban J connectivity index is 2.12. The number of nitrogens with zero attached hydrogens (tertiary/aromatic N) is 1. The maximum atomic E-state index is 12.3. The zero-order valence-electron chi connectivity index (χ0n) is 12.9. The molecule has 0 aromatic carbocycles. The van der Waals surface area contributed by atoms with E-state index in [2.05, 4.69) is 15.6 Å². The Morgan fingerprint density at radius 2 is 2.10 bits per heavy atom. The summed E-state index contributed by atoms with van der Waals surface area (Å²) in [4.78, 5) is 16.7. The summed E-state index contributed by atoms with van der Waals surface area (Å²) >= 11 is 0. The van der Waals surface area contributed by atoms with Crippen molar-refractivity contribution < 1.29 is 9.21 Å². The van der Waals surface area contributed by atoms with Gasteiger partial charge in [-0.15, -0.1) is 0 Å². The third-order valence-electron chi connectivity index (χ3n) is 3.11. The summed E-state index contributed by atoms with van der Waals surface area (Å²) in [6.45, 7) is 8.41. The largest absolute Gasteiger partial charge is 0.464 e. The number of rotatable bonds is 5. The van der Waals surface area contributed by atoms with Crippen LogP contribution in [0.2, 0.25) is 0 Å². The smallest absolute Gasteiger partial charge is 0.252 e. The van der Waals surface area contributed by atoms with E-state index in [9.17, 15) is 4.79 Å². The number of aryl methyl sites for hydroxylation is 2. The fourth-order valence-corrected chi connectivity index (χ4v) is 2.11. The van der Waals surface area contributed by atoms with E-state index in [4.69, 9.17) is 4.42 Å². The first-order chi connectivity index (χ1) is 9.99. The van der Waals surface area contributed by atoms with Crippen molar-refractivity contribution in [2.75, 3.05) is 11.9 Å². The standard InChI is InChI=1S/C16H21N3O2/c1-5-17-15-9-13(8-10(2)18-15)16(20)19-12(4)14-7-6-11(3)21-14/h6-9,12H,5H2,1-4H3,(H,17,18)(H,19,20). The van der Waals surface area contributed by atoms with Gasteiger partial charge in [0.15, 0.2) is 0 Å². The lowest BCUT2D eigenvalue weighted by molar-refractivity contribution is 0.0935. The second-order valence-corrected chi connectivity index (χ2v) is 5.06. The quantitative estimate of drug-likeness (QED) is 0.886. The molecule has 0 aliphatic heterocycles. The molecule has 0 spiro atoms. The zero-order chi connectivity index (χ0) is 15.4. The van der Waals surface area contributed by atoms with E-state index in [1.165, 1.54) is 0 Å². The van der Waals surface area contributed by atoms with Crippen LogP contribution in [0.15, 0.2) is 28.7 Å². The highest BCUT2D eigenvalue weighted by molar-refractivity contribution is 5.95. The van der Waals surface area contributed by atoms with Crippen LogP contribution < -0.4 is 10.6 Å². The van der Waals surface area contributed by atoms with Gasteiger partial charge in [0.1, 0.15) is 17.3 Å². The summed E-state index contributed by atoms with van der Waals surface area (Å²) in [6.07, 6.45) is 0. The minimum atomic E-state index is -0.178. The number of amides is 1. The molecule has 0 saturated carbocycles. The van der Waals surface area contributed by atoms with Gasteiger partial charge in [0.2, 0.25) is 0 Å². The van der Waals surface area contributed by atoms with E-state index >= 15 is 0 Å². The molecule has 112 valence electrons. The molecule has 0 bridgehead atoms. The Hall–Kier alpha value is -2.30. The number of anilines is 1. The lowest BCUT2D eigenvalue weighted by Crippen LogP contribution is -2.26. The van der Waals surface area contributed by atoms with Gasteiger partial charge in [0.25, 0.3) is 5.91 Å². The van der Waals surface area contributed by atoms with Crippen LogP contribution in [0.5, 0.6) is 0 Å². The monoisotopic (exact) mass is 287 g/mol. The van der Waals surface area contributed by atoms with Crippen LogP contribution in [-0.4, -0.2) is 17.4 Å². The Kier molecular flexibility index (Phi) is 4.62. The molecule has 0 aliphatic rings. The molecule has 2 N–H and O–H groups in total. The van der Waals surface area contributed by atoms with Crippen LogP contribution in [-0.2, 0) is 0 Å². The first kappa shape index (κ1) is 15.1. The molecule has 0 saturated heterocycles. The average molecular weight is 287 g/mol. The number of carbonyl (C=O) groups is 1. The summed E-state index contributed by atoms with van der Waals surface area (Å²) in [5, 5.41) is 6.06. The molecule has 2 aromatic heterocycles. The molecule has 21 heavy (non-hydrogen) atoms. The second kappa shape index (κ2) is 6.43.